The first-order valence-electron chi connectivity index (χ1n) is 9.57. The van der Waals surface area contributed by atoms with Gasteiger partial charge < -0.3 is 5.11 Å². The minimum absolute atomic E-state index is 0.304. The molecule has 0 bridgehead atoms. The molecule has 0 aromatic heterocycles. The number of rotatable bonds is 4. The lowest BCUT2D eigenvalue weighted by atomic mass is 9.93. The van der Waals surface area contributed by atoms with Gasteiger partial charge >= 0.3 is 5.97 Å². The van der Waals surface area contributed by atoms with E-state index in [1.165, 1.54) is 27.8 Å². The average molecular weight is 347 g/mol. The van der Waals surface area contributed by atoms with Gasteiger partial charge in [-0.15, -0.1) is 0 Å². The summed E-state index contributed by atoms with van der Waals surface area (Å²) < 4.78 is 0. The van der Waals surface area contributed by atoms with Crippen LogP contribution in [0.3, 0.4) is 0 Å². The Labute approximate surface area is 155 Å². The Morgan fingerprint density at radius 3 is 2.27 bits per heavy atom. The molecule has 26 heavy (non-hydrogen) atoms. The summed E-state index contributed by atoms with van der Waals surface area (Å²) >= 11 is 0. The van der Waals surface area contributed by atoms with Gasteiger partial charge in [-0.3, -0.25) is 9.69 Å². The molecule has 2 aromatic carbocycles. The number of benzene rings is 2. The summed E-state index contributed by atoms with van der Waals surface area (Å²) in [5, 5.41) is 9.37. The van der Waals surface area contributed by atoms with Gasteiger partial charge in [0.1, 0.15) is 6.04 Å². The predicted molar refractivity (Wildman–Crippen MR) is 104 cm³/mol. The maximum Gasteiger partial charge on any atom is 0.320 e. The van der Waals surface area contributed by atoms with E-state index < -0.39 is 5.97 Å². The Bertz CT molecular complexity index is 790. The second-order valence-corrected chi connectivity index (χ2v) is 7.25. The summed E-state index contributed by atoms with van der Waals surface area (Å²) in [5.41, 5.74) is 6.76. The molecule has 1 atom stereocenters. The lowest BCUT2D eigenvalue weighted by Gasteiger charge is -2.20. The normalized spacial score (nSPS) is 19.5. The standard InChI is InChI=1S/C23H25NO2/c25-23(26)22-12-6-16-24(22)15-5-11-21-19-9-3-1-7-17(19)13-14-18-8-2-4-10-20(18)21/h1-4,7-11,22H,5-6,12-16H2,(H,25,26)/t22-/m0/s1. The van der Waals surface area contributed by atoms with Gasteiger partial charge in [0.15, 0.2) is 0 Å². The van der Waals surface area contributed by atoms with Crippen LogP contribution in [-0.2, 0) is 17.6 Å². The number of aliphatic carboxylic acids is 1. The Morgan fingerprint density at radius 2 is 1.65 bits per heavy atom. The number of hydrogen-bond acceptors (Lipinski definition) is 2. The van der Waals surface area contributed by atoms with Crippen LogP contribution >= 0.6 is 0 Å². The van der Waals surface area contributed by atoms with Crippen LogP contribution in [0, 0.1) is 0 Å². The van der Waals surface area contributed by atoms with E-state index in [1.54, 1.807) is 0 Å². The van der Waals surface area contributed by atoms with E-state index in [0.717, 1.165) is 45.2 Å². The third-order valence-electron chi connectivity index (χ3n) is 5.69. The van der Waals surface area contributed by atoms with Crippen molar-refractivity contribution in [2.24, 2.45) is 0 Å². The zero-order valence-corrected chi connectivity index (χ0v) is 15.0. The highest BCUT2D eigenvalue weighted by atomic mass is 16.4. The fourth-order valence-electron chi connectivity index (χ4n) is 4.38. The van der Waals surface area contributed by atoms with Crippen LogP contribution in [0.15, 0.2) is 54.6 Å². The van der Waals surface area contributed by atoms with Crippen molar-refractivity contribution in [2.75, 3.05) is 13.1 Å². The van der Waals surface area contributed by atoms with E-state index in [1.807, 2.05) is 0 Å². The smallest absolute Gasteiger partial charge is 0.320 e. The van der Waals surface area contributed by atoms with Gasteiger partial charge in [0.05, 0.1) is 0 Å². The maximum absolute atomic E-state index is 11.4. The highest BCUT2D eigenvalue weighted by molar-refractivity contribution is 5.83. The Morgan fingerprint density at radius 1 is 1.04 bits per heavy atom. The summed E-state index contributed by atoms with van der Waals surface area (Å²) in [4.78, 5) is 13.5. The predicted octanol–water partition coefficient (Wildman–Crippen LogP) is 4.16. The van der Waals surface area contributed by atoms with Crippen molar-refractivity contribution in [3.63, 3.8) is 0 Å². The van der Waals surface area contributed by atoms with Crippen molar-refractivity contribution in [3.8, 4) is 0 Å². The van der Waals surface area contributed by atoms with E-state index in [-0.39, 0.29) is 6.04 Å². The van der Waals surface area contributed by atoms with E-state index >= 15 is 0 Å². The second kappa shape index (κ2) is 7.46. The summed E-state index contributed by atoms with van der Waals surface area (Å²) in [5.74, 6) is -0.680. The third-order valence-corrected chi connectivity index (χ3v) is 5.69. The van der Waals surface area contributed by atoms with Crippen LogP contribution < -0.4 is 0 Å². The molecule has 134 valence electrons. The highest BCUT2D eigenvalue weighted by Crippen LogP contribution is 2.33. The van der Waals surface area contributed by atoms with Crippen LogP contribution in [0.25, 0.3) is 5.57 Å². The molecule has 4 rings (SSSR count). The van der Waals surface area contributed by atoms with Crippen LogP contribution in [-0.4, -0.2) is 35.1 Å². The molecule has 1 saturated heterocycles. The largest absolute Gasteiger partial charge is 0.480 e. The fraction of sp³-hybridized carbons (Fsp3) is 0.348. The summed E-state index contributed by atoms with van der Waals surface area (Å²) in [7, 11) is 0. The average Bonchev–Trinajstić information content (AvgIpc) is 3.07. The van der Waals surface area contributed by atoms with Gasteiger partial charge in [-0.05, 0) is 66.5 Å². The van der Waals surface area contributed by atoms with E-state index in [4.69, 9.17) is 0 Å². The van der Waals surface area contributed by atoms with Gasteiger partial charge in [0.25, 0.3) is 0 Å². The Hall–Kier alpha value is -2.39. The Kier molecular flexibility index (Phi) is 4.89. The summed E-state index contributed by atoms with van der Waals surface area (Å²) in [6, 6.07) is 17.1. The molecule has 0 saturated carbocycles. The van der Waals surface area contributed by atoms with E-state index in [2.05, 4.69) is 59.5 Å². The van der Waals surface area contributed by atoms with Gasteiger partial charge in [-0.25, -0.2) is 0 Å². The number of carboxylic acids is 1. The van der Waals surface area contributed by atoms with E-state index in [0.29, 0.717) is 0 Å². The van der Waals surface area contributed by atoms with Gasteiger partial charge in [-0.2, -0.15) is 0 Å². The quantitative estimate of drug-likeness (QED) is 0.903. The minimum Gasteiger partial charge on any atom is -0.480 e. The highest BCUT2D eigenvalue weighted by Gasteiger charge is 2.29. The summed E-state index contributed by atoms with van der Waals surface area (Å²) in [6.07, 6.45) is 7.09. The van der Waals surface area contributed by atoms with Crippen molar-refractivity contribution in [3.05, 3.63) is 76.9 Å². The number of hydrogen-bond donors (Lipinski definition) is 1. The zero-order valence-electron chi connectivity index (χ0n) is 15.0. The van der Waals surface area contributed by atoms with Crippen molar-refractivity contribution >= 4 is 11.5 Å². The van der Waals surface area contributed by atoms with Gasteiger partial charge in [-0.1, -0.05) is 54.6 Å². The maximum atomic E-state index is 11.4. The number of nitrogens with zero attached hydrogens (tertiary/aromatic N) is 1. The number of carbonyl (C=O) groups is 1. The molecule has 2 aromatic rings. The minimum atomic E-state index is -0.680. The SMILES string of the molecule is O=C(O)[C@@H]1CCCN1CCC=C1c2ccccc2CCc2ccccc21. The molecule has 0 radical (unpaired) electrons. The van der Waals surface area contributed by atoms with Crippen molar-refractivity contribution in [1.82, 2.24) is 4.90 Å². The van der Waals surface area contributed by atoms with Crippen LogP contribution in [0.4, 0.5) is 0 Å². The lowest BCUT2D eigenvalue weighted by Crippen LogP contribution is -2.36. The first kappa shape index (κ1) is 17.0. The molecule has 1 aliphatic heterocycles. The zero-order chi connectivity index (χ0) is 17.9. The van der Waals surface area contributed by atoms with E-state index in [9.17, 15) is 9.90 Å². The number of carboxylic acid groups (broad SMARTS) is 1. The lowest BCUT2D eigenvalue weighted by molar-refractivity contribution is -0.142. The molecule has 3 nitrogen and oxygen atoms in total. The van der Waals surface area contributed by atoms with Crippen LogP contribution in [0.1, 0.15) is 41.5 Å². The molecular weight excluding hydrogens is 322 g/mol. The first-order valence-corrected chi connectivity index (χ1v) is 9.57. The molecule has 1 heterocycles. The second-order valence-electron chi connectivity index (χ2n) is 7.25. The number of aryl methyl sites for hydroxylation is 2. The molecule has 0 spiro atoms. The molecule has 3 heteroatoms. The third kappa shape index (κ3) is 3.32. The van der Waals surface area contributed by atoms with Crippen LogP contribution in [0.5, 0.6) is 0 Å². The number of likely N-dealkylation sites (tertiary alicyclic amines) is 1. The van der Waals surface area contributed by atoms with Crippen molar-refractivity contribution < 1.29 is 9.90 Å². The molecule has 1 fully saturated rings. The summed E-state index contributed by atoms with van der Waals surface area (Å²) in [6.45, 7) is 1.71. The first-order chi connectivity index (χ1) is 12.7. The molecule has 1 aliphatic carbocycles. The van der Waals surface area contributed by atoms with Crippen molar-refractivity contribution in [2.45, 2.75) is 38.1 Å². The molecular formula is C23H25NO2. The molecule has 2 aliphatic rings. The van der Waals surface area contributed by atoms with Gasteiger partial charge in [0.2, 0.25) is 0 Å². The topological polar surface area (TPSA) is 40.5 Å². The Balaban J connectivity index is 1.62. The monoisotopic (exact) mass is 347 g/mol. The fourth-order valence-corrected chi connectivity index (χ4v) is 4.38. The molecule has 0 amide bonds. The van der Waals surface area contributed by atoms with Crippen LogP contribution in [0.2, 0.25) is 0 Å². The van der Waals surface area contributed by atoms with Crippen molar-refractivity contribution in [1.29, 1.82) is 0 Å². The molecule has 1 N–H and O–H groups in total. The van der Waals surface area contributed by atoms with Gasteiger partial charge in [0, 0.05) is 6.54 Å². The number of fused-ring (bicyclic) bond motifs is 2. The molecule has 0 unspecified atom stereocenters.